The third-order valence-electron chi connectivity index (χ3n) is 5.88. The lowest BCUT2D eigenvalue weighted by Crippen LogP contribution is -2.29. The summed E-state index contributed by atoms with van der Waals surface area (Å²) < 4.78 is 13.6. The maximum Gasteiger partial charge on any atom is 0.209 e. The van der Waals surface area contributed by atoms with E-state index in [9.17, 15) is 0 Å². The topological polar surface area (TPSA) is 33.5 Å². The molecule has 0 aliphatic carbocycles. The summed E-state index contributed by atoms with van der Waals surface area (Å²) >= 11 is 6.31. The molecule has 0 amide bonds. The first kappa shape index (κ1) is 21.3. The molecule has 1 aliphatic rings. The SMILES string of the molecule is CCNc1cc(OC)c(/C=C/C2=[N+](C)c3ccc(Cl)cc3C2(C)CC)c(OC)c1. The molecule has 5 heteroatoms. The Kier molecular flexibility index (Phi) is 6.23. The van der Waals surface area contributed by atoms with Gasteiger partial charge in [0.2, 0.25) is 5.69 Å². The van der Waals surface area contributed by atoms with E-state index in [1.165, 1.54) is 17.0 Å². The standard InChI is InChI=1S/C24H29ClN2O2/c1-7-24(3)19-13-16(25)9-11-20(19)27(4)23(24)12-10-18-21(28-5)14-17(26-8-2)15-22(18)29-6/h9-15H,7-8H2,1-6H3/p+1. The van der Waals surface area contributed by atoms with Gasteiger partial charge in [-0.05, 0) is 38.5 Å². The van der Waals surface area contributed by atoms with Gasteiger partial charge in [0, 0.05) is 47.1 Å². The first-order valence-electron chi connectivity index (χ1n) is 9.98. The molecule has 0 fully saturated rings. The van der Waals surface area contributed by atoms with Crippen LogP contribution in [0, 0.1) is 0 Å². The molecule has 1 unspecified atom stereocenters. The van der Waals surface area contributed by atoms with E-state index in [1.807, 2.05) is 18.2 Å². The monoisotopic (exact) mass is 413 g/mol. The van der Waals surface area contributed by atoms with E-state index in [4.69, 9.17) is 21.1 Å². The van der Waals surface area contributed by atoms with Crippen LogP contribution in [0.2, 0.25) is 5.02 Å². The van der Waals surface area contributed by atoms with E-state index in [-0.39, 0.29) is 5.41 Å². The van der Waals surface area contributed by atoms with Gasteiger partial charge in [-0.15, -0.1) is 0 Å². The van der Waals surface area contributed by atoms with E-state index >= 15 is 0 Å². The lowest BCUT2D eigenvalue weighted by atomic mass is 9.77. The number of rotatable bonds is 7. The molecule has 29 heavy (non-hydrogen) atoms. The average Bonchev–Trinajstić information content (AvgIpc) is 2.93. The number of anilines is 1. The van der Waals surface area contributed by atoms with Gasteiger partial charge in [-0.25, -0.2) is 0 Å². The molecule has 4 nitrogen and oxygen atoms in total. The van der Waals surface area contributed by atoms with Crippen LogP contribution in [0.3, 0.4) is 0 Å². The fourth-order valence-electron chi connectivity index (χ4n) is 4.12. The number of halogens is 1. The second kappa shape index (κ2) is 8.50. The molecule has 1 N–H and O–H groups in total. The Bertz CT molecular complexity index is 956. The second-order valence-corrected chi connectivity index (χ2v) is 7.89. The van der Waals surface area contributed by atoms with Crippen molar-refractivity contribution in [1.29, 1.82) is 0 Å². The summed E-state index contributed by atoms with van der Waals surface area (Å²) in [5, 5.41) is 4.09. The highest BCUT2D eigenvalue weighted by Crippen LogP contribution is 2.43. The third-order valence-corrected chi connectivity index (χ3v) is 6.12. The van der Waals surface area contributed by atoms with Gasteiger partial charge >= 0.3 is 0 Å². The second-order valence-electron chi connectivity index (χ2n) is 7.45. The smallest absolute Gasteiger partial charge is 0.209 e. The molecule has 1 aliphatic heterocycles. The van der Waals surface area contributed by atoms with Gasteiger partial charge < -0.3 is 14.8 Å². The zero-order valence-corrected chi connectivity index (χ0v) is 18.9. The number of nitrogens with zero attached hydrogens (tertiary/aromatic N) is 1. The molecular weight excluding hydrogens is 384 g/mol. The normalized spacial score (nSPS) is 18.3. The minimum absolute atomic E-state index is 0.115. The minimum Gasteiger partial charge on any atom is -0.496 e. The fraction of sp³-hybridized carbons (Fsp3) is 0.375. The van der Waals surface area contributed by atoms with E-state index in [0.29, 0.717) is 0 Å². The molecule has 0 aromatic heterocycles. The van der Waals surface area contributed by atoms with E-state index in [2.05, 4.69) is 62.0 Å². The molecule has 0 saturated carbocycles. The van der Waals surface area contributed by atoms with Gasteiger partial charge in [0.1, 0.15) is 18.5 Å². The average molecular weight is 414 g/mol. The molecule has 2 aromatic rings. The summed E-state index contributed by atoms with van der Waals surface area (Å²) in [6.07, 6.45) is 5.23. The van der Waals surface area contributed by atoms with Crippen molar-refractivity contribution in [3.8, 4) is 11.5 Å². The van der Waals surface area contributed by atoms with Gasteiger partial charge in [0.15, 0.2) is 5.71 Å². The molecule has 2 aromatic carbocycles. The summed E-state index contributed by atoms with van der Waals surface area (Å²) in [4.78, 5) is 0. The number of fused-ring (bicyclic) bond motifs is 1. The van der Waals surface area contributed by atoms with Crippen LogP contribution in [-0.2, 0) is 5.41 Å². The molecule has 0 saturated heterocycles. The van der Waals surface area contributed by atoms with E-state index < -0.39 is 0 Å². The number of hydrogen-bond donors (Lipinski definition) is 1. The summed E-state index contributed by atoms with van der Waals surface area (Å²) in [5.74, 6) is 1.55. The molecule has 154 valence electrons. The Morgan fingerprint density at radius 3 is 2.28 bits per heavy atom. The number of hydrogen-bond acceptors (Lipinski definition) is 3. The van der Waals surface area contributed by atoms with Crippen molar-refractivity contribution in [3.05, 3.63) is 52.6 Å². The number of ether oxygens (including phenoxy) is 2. The van der Waals surface area contributed by atoms with Crippen molar-refractivity contribution in [2.75, 3.05) is 33.1 Å². The van der Waals surface area contributed by atoms with Gasteiger partial charge in [0.25, 0.3) is 0 Å². The lowest BCUT2D eigenvalue weighted by molar-refractivity contribution is -0.401. The van der Waals surface area contributed by atoms with E-state index in [0.717, 1.165) is 40.7 Å². The van der Waals surface area contributed by atoms with Crippen molar-refractivity contribution in [3.63, 3.8) is 0 Å². The number of allylic oxidation sites excluding steroid dienone is 1. The summed E-state index contributed by atoms with van der Waals surface area (Å²) in [5.41, 5.74) is 5.46. The quantitative estimate of drug-likeness (QED) is 0.574. The Balaban J connectivity index is 2.09. The van der Waals surface area contributed by atoms with Gasteiger partial charge in [-0.1, -0.05) is 18.5 Å². The van der Waals surface area contributed by atoms with Crippen LogP contribution in [0.4, 0.5) is 11.4 Å². The van der Waals surface area contributed by atoms with Crippen LogP contribution in [0.25, 0.3) is 6.08 Å². The van der Waals surface area contributed by atoms with Crippen molar-refractivity contribution in [2.45, 2.75) is 32.6 Å². The van der Waals surface area contributed by atoms with Crippen LogP contribution in [0.15, 0.2) is 36.4 Å². The highest BCUT2D eigenvalue weighted by Gasteiger charge is 2.45. The van der Waals surface area contributed by atoms with Crippen molar-refractivity contribution >= 4 is 34.8 Å². The molecule has 0 radical (unpaired) electrons. The molecule has 3 rings (SSSR count). The minimum atomic E-state index is -0.115. The van der Waals surface area contributed by atoms with Crippen LogP contribution < -0.4 is 14.8 Å². The number of methoxy groups -OCH3 is 2. The Labute approximate surface area is 178 Å². The lowest BCUT2D eigenvalue weighted by Gasteiger charge is -2.20. The highest BCUT2D eigenvalue weighted by atomic mass is 35.5. The van der Waals surface area contributed by atoms with Crippen LogP contribution >= 0.6 is 11.6 Å². The van der Waals surface area contributed by atoms with Crippen LogP contribution in [0.5, 0.6) is 11.5 Å². The van der Waals surface area contributed by atoms with Crippen LogP contribution in [0.1, 0.15) is 38.3 Å². The summed E-state index contributed by atoms with van der Waals surface area (Å²) in [7, 11) is 5.48. The molecule has 0 spiro atoms. The Morgan fingerprint density at radius 2 is 1.72 bits per heavy atom. The third kappa shape index (κ3) is 3.74. The first-order chi connectivity index (χ1) is 13.9. The molecule has 1 heterocycles. The summed E-state index contributed by atoms with van der Waals surface area (Å²) in [6, 6.07) is 10.1. The Hall–Kier alpha value is -2.46. The zero-order chi connectivity index (χ0) is 21.2. The zero-order valence-electron chi connectivity index (χ0n) is 18.1. The Morgan fingerprint density at radius 1 is 1.07 bits per heavy atom. The predicted molar refractivity (Wildman–Crippen MR) is 123 cm³/mol. The van der Waals surface area contributed by atoms with Crippen molar-refractivity contribution in [2.24, 2.45) is 0 Å². The largest absolute Gasteiger partial charge is 0.496 e. The van der Waals surface area contributed by atoms with Gasteiger partial charge in [-0.2, -0.15) is 4.58 Å². The first-order valence-corrected chi connectivity index (χ1v) is 10.4. The summed E-state index contributed by atoms with van der Waals surface area (Å²) in [6.45, 7) is 7.38. The maximum absolute atomic E-state index is 6.31. The van der Waals surface area contributed by atoms with Gasteiger partial charge in [-0.3, -0.25) is 0 Å². The van der Waals surface area contributed by atoms with E-state index in [1.54, 1.807) is 14.2 Å². The van der Waals surface area contributed by atoms with Gasteiger partial charge in [0.05, 0.1) is 25.2 Å². The van der Waals surface area contributed by atoms with Crippen LogP contribution in [-0.4, -0.2) is 38.1 Å². The molecule has 1 atom stereocenters. The number of nitrogens with one attached hydrogen (secondary N) is 1. The molecule has 0 bridgehead atoms. The van der Waals surface area contributed by atoms with Crippen molar-refractivity contribution in [1.82, 2.24) is 0 Å². The predicted octanol–water partition coefficient (Wildman–Crippen LogP) is 5.90. The fourth-order valence-corrected chi connectivity index (χ4v) is 4.29. The highest BCUT2D eigenvalue weighted by molar-refractivity contribution is 6.30. The van der Waals surface area contributed by atoms with Crippen molar-refractivity contribution < 1.29 is 14.0 Å². The number of benzene rings is 2. The maximum atomic E-state index is 6.31. The molecular formula is C24H30ClN2O2+.